The molecule has 0 bridgehead atoms. The molecular formula is C21H19N3OS. The van der Waals surface area contributed by atoms with Crippen LogP contribution in [0.1, 0.15) is 11.1 Å². The Hall–Kier alpha value is -3.05. The van der Waals surface area contributed by atoms with Gasteiger partial charge in [0.05, 0.1) is 6.21 Å². The lowest BCUT2D eigenvalue weighted by Gasteiger charge is -2.02. The Morgan fingerprint density at radius 1 is 0.923 bits per heavy atom. The standard InChI is InChI=1S/C21H19N3OS/c22-21(26-15-17-5-2-1-3-6-17)24-23-14-16-9-11-18(12-10-16)19-7-4-8-20(25)13-19/h1-14,25H,15H2,(H2,22,24). The molecule has 0 radical (unpaired) electrons. The summed E-state index contributed by atoms with van der Waals surface area (Å²) >= 11 is 1.46. The summed E-state index contributed by atoms with van der Waals surface area (Å²) in [6.07, 6.45) is 1.67. The summed E-state index contributed by atoms with van der Waals surface area (Å²) in [4.78, 5) is 0. The fourth-order valence-electron chi connectivity index (χ4n) is 2.36. The predicted molar refractivity (Wildman–Crippen MR) is 110 cm³/mol. The van der Waals surface area contributed by atoms with E-state index in [9.17, 15) is 5.11 Å². The molecule has 0 aliphatic carbocycles. The van der Waals surface area contributed by atoms with E-state index < -0.39 is 0 Å². The lowest BCUT2D eigenvalue weighted by molar-refractivity contribution is 0.475. The van der Waals surface area contributed by atoms with Gasteiger partial charge < -0.3 is 10.8 Å². The summed E-state index contributed by atoms with van der Waals surface area (Å²) in [6, 6.07) is 25.1. The number of nitrogens with zero attached hydrogens (tertiary/aromatic N) is 2. The number of aromatic hydroxyl groups is 1. The highest BCUT2D eigenvalue weighted by molar-refractivity contribution is 8.13. The molecule has 26 heavy (non-hydrogen) atoms. The van der Waals surface area contributed by atoms with Crippen LogP contribution in [-0.2, 0) is 5.75 Å². The van der Waals surface area contributed by atoms with Crippen molar-refractivity contribution in [2.45, 2.75) is 5.75 Å². The normalized spacial score (nSPS) is 11.8. The molecule has 0 heterocycles. The van der Waals surface area contributed by atoms with Gasteiger partial charge in [-0.1, -0.05) is 78.5 Å². The zero-order valence-corrected chi connectivity index (χ0v) is 14.9. The molecule has 0 spiro atoms. The number of thioether (sulfide) groups is 1. The van der Waals surface area contributed by atoms with Crippen molar-refractivity contribution in [1.82, 2.24) is 0 Å². The van der Waals surface area contributed by atoms with Crippen LogP contribution in [0.25, 0.3) is 11.1 Å². The van der Waals surface area contributed by atoms with E-state index in [0.29, 0.717) is 5.17 Å². The van der Waals surface area contributed by atoms with Crippen molar-refractivity contribution >= 4 is 23.1 Å². The molecule has 0 amide bonds. The Labute approximate surface area is 157 Å². The summed E-state index contributed by atoms with van der Waals surface area (Å²) < 4.78 is 0. The topological polar surface area (TPSA) is 71.0 Å². The van der Waals surface area contributed by atoms with E-state index in [1.54, 1.807) is 18.3 Å². The lowest BCUT2D eigenvalue weighted by Crippen LogP contribution is -2.05. The fraction of sp³-hybridized carbons (Fsp3) is 0.0476. The molecule has 3 aromatic rings. The third-order valence-electron chi connectivity index (χ3n) is 3.68. The number of hydrogen-bond acceptors (Lipinski definition) is 4. The predicted octanol–water partition coefficient (Wildman–Crippen LogP) is 4.64. The number of rotatable bonds is 5. The maximum Gasteiger partial charge on any atom is 0.180 e. The smallest absolute Gasteiger partial charge is 0.180 e. The number of benzene rings is 3. The number of hydrogen-bond donors (Lipinski definition) is 2. The Morgan fingerprint density at radius 3 is 2.42 bits per heavy atom. The van der Waals surface area contributed by atoms with Crippen molar-refractivity contribution in [2.75, 3.05) is 0 Å². The fourth-order valence-corrected chi connectivity index (χ4v) is 2.97. The Balaban J connectivity index is 1.58. The molecule has 0 aromatic heterocycles. The molecule has 3 aromatic carbocycles. The van der Waals surface area contributed by atoms with Crippen molar-refractivity contribution in [2.24, 2.45) is 15.9 Å². The number of nitrogens with two attached hydrogens (primary N) is 1. The summed E-state index contributed by atoms with van der Waals surface area (Å²) in [6.45, 7) is 0. The molecule has 0 fully saturated rings. The zero-order chi connectivity index (χ0) is 18.2. The monoisotopic (exact) mass is 361 g/mol. The van der Waals surface area contributed by atoms with Gasteiger partial charge in [-0.05, 0) is 34.4 Å². The average molecular weight is 361 g/mol. The average Bonchev–Trinajstić information content (AvgIpc) is 2.68. The van der Waals surface area contributed by atoms with Gasteiger partial charge in [-0.3, -0.25) is 0 Å². The first-order chi connectivity index (χ1) is 12.7. The molecule has 3 rings (SSSR count). The van der Waals surface area contributed by atoms with E-state index >= 15 is 0 Å². The molecule has 3 N–H and O–H groups in total. The third kappa shape index (κ3) is 5.22. The van der Waals surface area contributed by atoms with E-state index in [1.807, 2.05) is 54.6 Å². The molecule has 130 valence electrons. The molecule has 5 heteroatoms. The minimum atomic E-state index is 0.256. The molecule has 0 unspecified atom stereocenters. The van der Waals surface area contributed by atoms with E-state index in [1.165, 1.54) is 17.3 Å². The SMILES string of the molecule is NC(=NN=Cc1ccc(-c2cccc(O)c2)cc1)SCc1ccccc1. The van der Waals surface area contributed by atoms with Crippen LogP contribution in [0.5, 0.6) is 5.75 Å². The second kappa shape index (κ2) is 8.87. The van der Waals surface area contributed by atoms with Crippen molar-refractivity contribution in [3.05, 3.63) is 90.0 Å². The quantitative estimate of drug-likeness (QED) is 0.395. The Kier molecular flexibility index (Phi) is 6.06. The van der Waals surface area contributed by atoms with E-state index in [2.05, 4.69) is 22.3 Å². The van der Waals surface area contributed by atoms with Crippen molar-refractivity contribution in [1.29, 1.82) is 0 Å². The van der Waals surface area contributed by atoms with Crippen LogP contribution in [0.15, 0.2) is 89.1 Å². The maximum absolute atomic E-state index is 9.56. The van der Waals surface area contributed by atoms with Gasteiger partial charge in [0.2, 0.25) is 0 Å². The van der Waals surface area contributed by atoms with E-state index in [4.69, 9.17) is 5.73 Å². The van der Waals surface area contributed by atoms with Gasteiger partial charge in [0.1, 0.15) is 5.75 Å². The molecule has 4 nitrogen and oxygen atoms in total. The minimum absolute atomic E-state index is 0.256. The summed E-state index contributed by atoms with van der Waals surface area (Å²) in [5.74, 6) is 1.02. The van der Waals surface area contributed by atoms with E-state index in [0.717, 1.165) is 22.4 Å². The summed E-state index contributed by atoms with van der Waals surface area (Å²) in [5.41, 5.74) is 9.99. The lowest BCUT2D eigenvalue weighted by atomic mass is 10.0. The van der Waals surface area contributed by atoms with Crippen LogP contribution in [0.2, 0.25) is 0 Å². The molecule has 0 aliphatic heterocycles. The third-order valence-corrected chi connectivity index (χ3v) is 4.54. The van der Waals surface area contributed by atoms with Gasteiger partial charge in [-0.25, -0.2) is 0 Å². The van der Waals surface area contributed by atoms with Crippen molar-refractivity contribution < 1.29 is 5.11 Å². The first kappa shape index (κ1) is 17.8. The second-order valence-corrected chi connectivity index (χ2v) is 6.63. The molecule has 0 atom stereocenters. The van der Waals surface area contributed by atoms with Crippen LogP contribution >= 0.6 is 11.8 Å². The Morgan fingerprint density at radius 2 is 1.69 bits per heavy atom. The minimum Gasteiger partial charge on any atom is -0.508 e. The van der Waals surface area contributed by atoms with Gasteiger partial charge in [0, 0.05) is 5.75 Å². The Bertz CT molecular complexity index is 906. The molecular weight excluding hydrogens is 342 g/mol. The first-order valence-corrected chi connectivity index (χ1v) is 9.12. The van der Waals surface area contributed by atoms with Gasteiger partial charge in [0.15, 0.2) is 5.17 Å². The highest BCUT2D eigenvalue weighted by atomic mass is 32.2. The highest BCUT2D eigenvalue weighted by Gasteiger charge is 1.99. The van der Waals surface area contributed by atoms with Gasteiger partial charge in [-0.15, -0.1) is 5.10 Å². The maximum atomic E-state index is 9.56. The van der Waals surface area contributed by atoms with E-state index in [-0.39, 0.29) is 5.75 Å². The summed E-state index contributed by atoms with van der Waals surface area (Å²) in [7, 11) is 0. The van der Waals surface area contributed by atoms with Crippen LogP contribution in [0.4, 0.5) is 0 Å². The van der Waals surface area contributed by atoms with Gasteiger partial charge in [-0.2, -0.15) is 5.10 Å². The van der Waals surface area contributed by atoms with Crippen LogP contribution in [0.3, 0.4) is 0 Å². The summed E-state index contributed by atoms with van der Waals surface area (Å²) in [5, 5.41) is 18.1. The van der Waals surface area contributed by atoms with Crippen LogP contribution in [0, 0.1) is 0 Å². The second-order valence-electron chi connectivity index (χ2n) is 5.63. The van der Waals surface area contributed by atoms with Crippen molar-refractivity contribution in [3.8, 4) is 16.9 Å². The number of phenolic OH excluding ortho intramolecular Hbond substituents is 1. The van der Waals surface area contributed by atoms with Crippen LogP contribution in [-0.4, -0.2) is 16.5 Å². The van der Waals surface area contributed by atoms with Gasteiger partial charge in [0.25, 0.3) is 0 Å². The number of phenols is 1. The van der Waals surface area contributed by atoms with Gasteiger partial charge >= 0.3 is 0 Å². The molecule has 0 saturated carbocycles. The molecule has 0 saturated heterocycles. The number of amidine groups is 1. The largest absolute Gasteiger partial charge is 0.508 e. The molecule has 0 aliphatic rings. The highest BCUT2D eigenvalue weighted by Crippen LogP contribution is 2.23. The van der Waals surface area contributed by atoms with Crippen LogP contribution < -0.4 is 5.73 Å². The zero-order valence-electron chi connectivity index (χ0n) is 14.1. The first-order valence-electron chi connectivity index (χ1n) is 8.13. The van der Waals surface area contributed by atoms with Crippen molar-refractivity contribution in [3.63, 3.8) is 0 Å².